The van der Waals surface area contributed by atoms with Gasteiger partial charge in [0.2, 0.25) is 0 Å². The Morgan fingerprint density at radius 3 is 2.45 bits per heavy atom. The van der Waals surface area contributed by atoms with E-state index in [0.29, 0.717) is 16.9 Å². The number of rotatable bonds is 5. The van der Waals surface area contributed by atoms with Crippen molar-refractivity contribution in [3.8, 4) is 0 Å². The minimum Gasteiger partial charge on any atom is -0.308 e. The Hall–Kier alpha value is -3.50. The number of aromatic nitrogens is 2. The molecule has 3 N–H and O–H groups in total. The van der Waals surface area contributed by atoms with Crippen molar-refractivity contribution in [2.75, 3.05) is 15.4 Å². The number of hydrogen-bond acceptors (Lipinski definition) is 6. The quantitative estimate of drug-likeness (QED) is 0.445. The molecule has 0 unspecified atom stereocenters. The van der Waals surface area contributed by atoms with Gasteiger partial charge in [0, 0.05) is 28.8 Å². The molecular formula is C19H15N5O3S2. The van der Waals surface area contributed by atoms with E-state index >= 15 is 0 Å². The summed E-state index contributed by atoms with van der Waals surface area (Å²) in [6.45, 7) is 0. The number of thiazole rings is 1. The number of anilines is 3. The molecule has 0 aliphatic rings. The fourth-order valence-electron chi connectivity index (χ4n) is 2.65. The van der Waals surface area contributed by atoms with Crippen LogP contribution in [-0.4, -0.2) is 24.4 Å². The second-order valence-corrected chi connectivity index (χ2v) is 8.50. The Labute approximate surface area is 170 Å². The fourth-order valence-corrected chi connectivity index (χ4v) is 4.44. The topological polar surface area (TPSA) is 113 Å². The van der Waals surface area contributed by atoms with E-state index in [4.69, 9.17) is 0 Å². The molecule has 0 bridgehead atoms. The predicted octanol–water partition coefficient (Wildman–Crippen LogP) is 4.14. The Balaban J connectivity index is 1.45. The first-order chi connectivity index (χ1) is 14.0. The van der Waals surface area contributed by atoms with Gasteiger partial charge in [-0.05, 0) is 36.4 Å². The standard InChI is InChI=1S/C19H15N5O3S2/c25-18(23-16-5-1-3-13-4-2-10-20-17(13)16)22-14-6-8-15(9-7-14)29(26,27)24-19-21-11-12-28-19/h1-12H,(H,21,24)(H2,22,23,25). The molecule has 2 aromatic carbocycles. The third-order valence-electron chi connectivity index (χ3n) is 3.96. The van der Waals surface area contributed by atoms with E-state index in [1.54, 1.807) is 17.6 Å². The van der Waals surface area contributed by atoms with Gasteiger partial charge in [-0.3, -0.25) is 9.71 Å². The van der Waals surface area contributed by atoms with Crippen LogP contribution in [0.2, 0.25) is 0 Å². The summed E-state index contributed by atoms with van der Waals surface area (Å²) in [7, 11) is -3.74. The predicted molar refractivity (Wildman–Crippen MR) is 114 cm³/mol. The zero-order valence-corrected chi connectivity index (χ0v) is 16.5. The van der Waals surface area contributed by atoms with Gasteiger partial charge in [-0.25, -0.2) is 18.2 Å². The lowest BCUT2D eigenvalue weighted by atomic mass is 10.2. The zero-order chi connectivity index (χ0) is 20.3. The van der Waals surface area contributed by atoms with Gasteiger partial charge in [-0.2, -0.15) is 0 Å². The highest BCUT2D eigenvalue weighted by Gasteiger charge is 2.15. The maximum atomic E-state index is 12.3. The molecule has 2 amide bonds. The van der Waals surface area contributed by atoms with Gasteiger partial charge in [-0.15, -0.1) is 11.3 Å². The van der Waals surface area contributed by atoms with Crippen molar-refractivity contribution >= 4 is 54.8 Å². The van der Waals surface area contributed by atoms with E-state index in [9.17, 15) is 13.2 Å². The van der Waals surface area contributed by atoms with Crippen molar-refractivity contribution < 1.29 is 13.2 Å². The van der Waals surface area contributed by atoms with Gasteiger partial charge in [0.05, 0.1) is 16.1 Å². The molecule has 0 aliphatic carbocycles. The number of urea groups is 1. The van der Waals surface area contributed by atoms with Crippen molar-refractivity contribution in [2.45, 2.75) is 4.90 Å². The summed E-state index contributed by atoms with van der Waals surface area (Å²) in [4.78, 5) is 20.6. The number of benzene rings is 2. The van der Waals surface area contributed by atoms with E-state index < -0.39 is 16.1 Å². The molecule has 0 aliphatic heterocycles. The van der Waals surface area contributed by atoms with Gasteiger partial charge in [0.25, 0.3) is 10.0 Å². The molecule has 10 heteroatoms. The molecule has 29 heavy (non-hydrogen) atoms. The second kappa shape index (κ2) is 7.86. The number of nitrogens with one attached hydrogen (secondary N) is 3. The first-order valence-electron chi connectivity index (χ1n) is 8.45. The largest absolute Gasteiger partial charge is 0.323 e. The molecule has 2 aromatic heterocycles. The highest BCUT2D eigenvalue weighted by molar-refractivity contribution is 7.93. The number of amides is 2. The first-order valence-corrected chi connectivity index (χ1v) is 10.8. The van der Waals surface area contributed by atoms with Crippen LogP contribution in [0, 0.1) is 0 Å². The number of carbonyl (C=O) groups is 1. The lowest BCUT2D eigenvalue weighted by Gasteiger charge is -2.10. The monoisotopic (exact) mass is 425 g/mol. The SMILES string of the molecule is O=C(Nc1ccc(S(=O)(=O)Nc2nccs2)cc1)Nc1cccc2cccnc12. The van der Waals surface area contributed by atoms with Crippen molar-refractivity contribution in [3.05, 3.63) is 72.4 Å². The third-order valence-corrected chi connectivity index (χ3v) is 6.13. The van der Waals surface area contributed by atoms with Gasteiger partial charge in [0.1, 0.15) is 0 Å². The van der Waals surface area contributed by atoms with E-state index in [1.807, 2.05) is 24.3 Å². The maximum Gasteiger partial charge on any atom is 0.323 e. The minimum atomic E-state index is -3.74. The molecular weight excluding hydrogens is 410 g/mol. The number of nitrogens with zero attached hydrogens (tertiary/aromatic N) is 2. The number of sulfonamides is 1. The summed E-state index contributed by atoms with van der Waals surface area (Å²) in [6, 6.07) is 14.6. The van der Waals surface area contributed by atoms with Crippen LogP contribution in [0.1, 0.15) is 0 Å². The normalized spacial score (nSPS) is 11.2. The fraction of sp³-hybridized carbons (Fsp3) is 0. The summed E-state index contributed by atoms with van der Waals surface area (Å²) >= 11 is 1.19. The Morgan fingerprint density at radius 1 is 0.897 bits per heavy atom. The van der Waals surface area contributed by atoms with Crippen LogP contribution < -0.4 is 15.4 Å². The molecule has 8 nitrogen and oxygen atoms in total. The zero-order valence-electron chi connectivity index (χ0n) is 14.9. The molecule has 0 fully saturated rings. The van der Waals surface area contributed by atoms with Crippen LogP contribution in [-0.2, 0) is 10.0 Å². The van der Waals surface area contributed by atoms with Gasteiger partial charge in [0.15, 0.2) is 5.13 Å². The Bertz CT molecular complexity index is 1250. The first kappa shape index (κ1) is 18.8. The van der Waals surface area contributed by atoms with Gasteiger partial charge in [-0.1, -0.05) is 18.2 Å². The third kappa shape index (κ3) is 4.33. The average Bonchev–Trinajstić information content (AvgIpc) is 3.21. The van der Waals surface area contributed by atoms with E-state index in [0.717, 1.165) is 5.39 Å². The van der Waals surface area contributed by atoms with Crippen LogP contribution in [0.25, 0.3) is 10.9 Å². The summed E-state index contributed by atoms with van der Waals surface area (Å²) in [5, 5.41) is 8.31. The molecule has 0 atom stereocenters. The number of hydrogen-bond donors (Lipinski definition) is 3. The number of carbonyl (C=O) groups excluding carboxylic acids is 1. The minimum absolute atomic E-state index is 0.0666. The van der Waals surface area contributed by atoms with E-state index in [-0.39, 0.29) is 10.0 Å². The van der Waals surface area contributed by atoms with Crippen molar-refractivity contribution in [3.63, 3.8) is 0 Å². The van der Waals surface area contributed by atoms with Crippen LogP contribution in [0.3, 0.4) is 0 Å². The second-order valence-electron chi connectivity index (χ2n) is 5.93. The van der Waals surface area contributed by atoms with Crippen LogP contribution in [0.15, 0.2) is 77.3 Å². The van der Waals surface area contributed by atoms with Crippen molar-refractivity contribution in [1.29, 1.82) is 0 Å². The Morgan fingerprint density at radius 2 is 1.69 bits per heavy atom. The highest BCUT2D eigenvalue weighted by Crippen LogP contribution is 2.22. The molecule has 0 spiro atoms. The van der Waals surface area contributed by atoms with E-state index in [2.05, 4.69) is 25.3 Å². The summed E-state index contributed by atoms with van der Waals surface area (Å²) in [6.07, 6.45) is 3.17. The number of fused-ring (bicyclic) bond motifs is 1. The molecule has 0 saturated carbocycles. The number of para-hydroxylation sites is 1. The van der Waals surface area contributed by atoms with E-state index in [1.165, 1.54) is 41.8 Å². The van der Waals surface area contributed by atoms with Gasteiger partial charge >= 0.3 is 6.03 Å². The van der Waals surface area contributed by atoms with Gasteiger partial charge < -0.3 is 10.6 Å². The van der Waals surface area contributed by atoms with Crippen LogP contribution in [0.5, 0.6) is 0 Å². The molecule has 146 valence electrons. The number of pyridine rings is 1. The molecule has 4 aromatic rings. The smallest absolute Gasteiger partial charge is 0.308 e. The van der Waals surface area contributed by atoms with Crippen molar-refractivity contribution in [1.82, 2.24) is 9.97 Å². The van der Waals surface area contributed by atoms with Crippen molar-refractivity contribution in [2.24, 2.45) is 0 Å². The highest BCUT2D eigenvalue weighted by atomic mass is 32.2. The lowest BCUT2D eigenvalue weighted by Crippen LogP contribution is -2.20. The average molecular weight is 425 g/mol. The molecule has 0 saturated heterocycles. The Kier molecular flexibility index (Phi) is 5.10. The molecule has 4 rings (SSSR count). The summed E-state index contributed by atoms with van der Waals surface area (Å²) < 4.78 is 27.1. The summed E-state index contributed by atoms with van der Waals surface area (Å²) in [5.74, 6) is 0. The molecule has 2 heterocycles. The van der Waals surface area contributed by atoms with Crippen LogP contribution >= 0.6 is 11.3 Å². The lowest BCUT2D eigenvalue weighted by molar-refractivity contribution is 0.262. The molecule has 0 radical (unpaired) electrons. The maximum absolute atomic E-state index is 12.3. The van der Waals surface area contributed by atoms with Crippen LogP contribution in [0.4, 0.5) is 21.3 Å². The summed E-state index contributed by atoms with van der Waals surface area (Å²) in [5.41, 5.74) is 1.70.